The highest BCUT2D eigenvalue weighted by atomic mass is 17.2. The fraction of sp³-hybridized carbons (Fsp3) is 0.267. The third kappa shape index (κ3) is 5.37. The lowest BCUT2D eigenvalue weighted by Gasteiger charge is -2.07. The Labute approximate surface area is 127 Å². The van der Waals surface area contributed by atoms with Crippen LogP contribution in [-0.2, 0) is 19.3 Å². The highest BCUT2D eigenvalue weighted by Gasteiger charge is 2.20. The normalized spacial score (nSPS) is 10.3. The first-order chi connectivity index (χ1) is 10.6. The molecule has 22 heavy (non-hydrogen) atoms. The number of carbonyl (C=O) groups is 3. The zero-order valence-corrected chi connectivity index (χ0v) is 12.0. The van der Waals surface area contributed by atoms with Crippen molar-refractivity contribution in [3.8, 4) is 0 Å². The molecule has 0 saturated heterocycles. The molecule has 0 unspecified atom stereocenters. The summed E-state index contributed by atoms with van der Waals surface area (Å²) in [5.41, 5.74) is -0.0608. The number of aliphatic hydroxyl groups is 1. The fourth-order valence-corrected chi connectivity index (χ4v) is 1.45. The Morgan fingerprint density at radius 3 is 2.32 bits per heavy atom. The molecule has 0 heterocycles. The zero-order valence-electron chi connectivity index (χ0n) is 12.0. The third-order valence-corrected chi connectivity index (χ3v) is 2.39. The molecule has 0 radical (unpaired) electrons. The molecule has 0 aliphatic carbocycles. The number of aliphatic hydroxyl groups excluding tert-OH is 1. The molecule has 1 N–H and O–H groups in total. The van der Waals surface area contributed by atoms with Crippen molar-refractivity contribution >= 4 is 17.9 Å². The smallest absolute Gasteiger partial charge is 0.387 e. The minimum absolute atomic E-state index is 0.0150. The lowest BCUT2D eigenvalue weighted by atomic mass is 10.1. The van der Waals surface area contributed by atoms with Crippen molar-refractivity contribution in [2.75, 3.05) is 13.2 Å². The first kappa shape index (κ1) is 17.4. The van der Waals surface area contributed by atoms with Gasteiger partial charge in [-0.15, -0.1) is 0 Å². The Kier molecular flexibility index (Phi) is 7.35. The highest BCUT2D eigenvalue weighted by molar-refractivity contribution is 6.03. The number of carbonyl (C=O) groups excluding carboxylic acids is 3. The van der Waals surface area contributed by atoms with Gasteiger partial charge in [-0.05, 0) is 25.5 Å². The number of hydrogen-bond acceptors (Lipinski definition) is 7. The predicted octanol–water partition coefficient (Wildman–Crippen LogP) is 1.42. The summed E-state index contributed by atoms with van der Waals surface area (Å²) in [6.07, 6.45) is 2.65. The fourth-order valence-electron chi connectivity index (χ4n) is 1.45. The summed E-state index contributed by atoms with van der Waals surface area (Å²) in [5, 5.41) is 8.54. The van der Waals surface area contributed by atoms with Gasteiger partial charge >= 0.3 is 17.9 Å². The van der Waals surface area contributed by atoms with E-state index in [2.05, 4.69) is 9.78 Å². The molecular formula is C15H16O7. The van der Waals surface area contributed by atoms with Crippen molar-refractivity contribution in [3.63, 3.8) is 0 Å². The molecule has 0 aliphatic heterocycles. The maximum Gasteiger partial charge on any atom is 0.387 e. The Balaban J connectivity index is 2.70. The van der Waals surface area contributed by atoms with Crippen molar-refractivity contribution in [1.29, 1.82) is 0 Å². The maximum atomic E-state index is 11.8. The van der Waals surface area contributed by atoms with Gasteiger partial charge in [-0.25, -0.2) is 24.2 Å². The molecule has 1 aromatic rings. The van der Waals surface area contributed by atoms with Crippen LogP contribution in [0.4, 0.5) is 0 Å². The largest absolute Gasteiger partial charge is 0.462 e. The van der Waals surface area contributed by atoms with Crippen molar-refractivity contribution in [2.45, 2.75) is 13.3 Å². The van der Waals surface area contributed by atoms with E-state index in [0.717, 1.165) is 6.08 Å². The van der Waals surface area contributed by atoms with Crippen LogP contribution in [0.15, 0.2) is 36.4 Å². The Bertz CT molecular complexity index is 563. The molecule has 1 aromatic carbocycles. The summed E-state index contributed by atoms with van der Waals surface area (Å²) in [5.74, 6) is -2.58. The summed E-state index contributed by atoms with van der Waals surface area (Å²) in [4.78, 5) is 43.4. The van der Waals surface area contributed by atoms with E-state index in [0.29, 0.717) is 0 Å². The van der Waals surface area contributed by atoms with Gasteiger partial charge in [-0.3, -0.25) is 0 Å². The molecule has 1 rings (SSSR count). The van der Waals surface area contributed by atoms with Gasteiger partial charge in [0, 0.05) is 12.7 Å². The van der Waals surface area contributed by atoms with Gasteiger partial charge in [-0.2, -0.15) is 0 Å². The molecule has 0 atom stereocenters. The van der Waals surface area contributed by atoms with Crippen LogP contribution in [0.3, 0.4) is 0 Å². The van der Waals surface area contributed by atoms with Crippen LogP contribution in [0.2, 0.25) is 0 Å². The Hall–Kier alpha value is -2.67. The Morgan fingerprint density at radius 2 is 1.73 bits per heavy atom. The Morgan fingerprint density at radius 1 is 1.09 bits per heavy atom. The quantitative estimate of drug-likeness (QED) is 0.367. The summed E-state index contributed by atoms with van der Waals surface area (Å²) in [6, 6.07) is 5.84. The van der Waals surface area contributed by atoms with Crippen molar-refractivity contribution in [2.24, 2.45) is 0 Å². The topological polar surface area (TPSA) is 99.1 Å². The van der Waals surface area contributed by atoms with Gasteiger partial charge in [0.05, 0.1) is 17.7 Å². The molecular weight excluding hydrogens is 292 g/mol. The van der Waals surface area contributed by atoms with Gasteiger partial charge in [0.15, 0.2) is 0 Å². The summed E-state index contributed by atoms with van der Waals surface area (Å²) in [6.45, 7) is 1.68. The molecule has 0 aromatic heterocycles. The predicted molar refractivity (Wildman–Crippen MR) is 74.7 cm³/mol. The minimum atomic E-state index is -0.993. The second-order valence-electron chi connectivity index (χ2n) is 3.95. The van der Waals surface area contributed by atoms with Crippen molar-refractivity contribution in [3.05, 3.63) is 47.5 Å². The van der Waals surface area contributed by atoms with E-state index < -0.39 is 17.9 Å². The molecule has 0 saturated carbocycles. The summed E-state index contributed by atoms with van der Waals surface area (Å²) >= 11 is 0. The molecule has 0 fully saturated rings. The number of hydrogen-bond donors (Lipinski definition) is 1. The van der Waals surface area contributed by atoms with E-state index in [1.54, 1.807) is 13.0 Å². The molecule has 0 bridgehead atoms. The summed E-state index contributed by atoms with van der Waals surface area (Å²) in [7, 11) is 0. The van der Waals surface area contributed by atoms with Crippen molar-refractivity contribution < 1.29 is 34.0 Å². The second kappa shape index (κ2) is 9.30. The highest BCUT2D eigenvalue weighted by Crippen LogP contribution is 2.12. The molecule has 0 amide bonds. The van der Waals surface area contributed by atoms with Gasteiger partial charge < -0.3 is 9.84 Å². The van der Waals surface area contributed by atoms with Gasteiger partial charge in [0.2, 0.25) is 0 Å². The number of esters is 1. The number of ether oxygens (including phenoxy) is 1. The van der Waals surface area contributed by atoms with Crippen molar-refractivity contribution in [1.82, 2.24) is 0 Å². The van der Waals surface area contributed by atoms with E-state index in [1.165, 1.54) is 24.3 Å². The first-order valence-corrected chi connectivity index (χ1v) is 6.56. The van der Waals surface area contributed by atoms with Crippen LogP contribution < -0.4 is 0 Å². The minimum Gasteiger partial charge on any atom is -0.462 e. The number of benzene rings is 1. The molecule has 118 valence electrons. The average Bonchev–Trinajstić information content (AvgIpc) is 2.53. The molecule has 7 heteroatoms. The van der Waals surface area contributed by atoms with E-state index in [1.807, 2.05) is 0 Å². The van der Waals surface area contributed by atoms with E-state index >= 15 is 0 Å². The zero-order chi connectivity index (χ0) is 16.4. The molecule has 0 aliphatic rings. The third-order valence-electron chi connectivity index (χ3n) is 2.39. The van der Waals surface area contributed by atoms with Crippen LogP contribution in [-0.4, -0.2) is 36.2 Å². The van der Waals surface area contributed by atoms with E-state index in [4.69, 9.17) is 9.84 Å². The lowest BCUT2D eigenvalue weighted by molar-refractivity contribution is -0.228. The summed E-state index contributed by atoms with van der Waals surface area (Å²) < 4.78 is 4.82. The van der Waals surface area contributed by atoms with Gasteiger partial charge in [0.25, 0.3) is 0 Å². The standard InChI is InChI=1S/C15H16O7/c1-2-20-14(18)11-7-3-4-8-12(11)15(19)22-21-13(17)9-5-6-10-16/h3-5,7-9,16H,2,6,10H2,1H3. The SMILES string of the molecule is CCOC(=O)c1ccccc1C(=O)OOC(=O)C=CCCO. The van der Waals surface area contributed by atoms with Gasteiger partial charge in [0.1, 0.15) is 0 Å². The van der Waals surface area contributed by atoms with Crippen LogP contribution in [0, 0.1) is 0 Å². The van der Waals surface area contributed by atoms with E-state index in [9.17, 15) is 14.4 Å². The monoisotopic (exact) mass is 308 g/mol. The van der Waals surface area contributed by atoms with E-state index in [-0.39, 0.29) is 30.8 Å². The van der Waals surface area contributed by atoms with Crippen LogP contribution >= 0.6 is 0 Å². The maximum absolute atomic E-state index is 11.8. The number of rotatable bonds is 6. The lowest BCUT2D eigenvalue weighted by Crippen LogP contribution is -2.15. The van der Waals surface area contributed by atoms with Gasteiger partial charge in [-0.1, -0.05) is 18.2 Å². The second-order valence-corrected chi connectivity index (χ2v) is 3.95. The van der Waals surface area contributed by atoms with Crippen LogP contribution in [0.1, 0.15) is 34.1 Å². The van der Waals surface area contributed by atoms with Crippen LogP contribution in [0.25, 0.3) is 0 Å². The average molecular weight is 308 g/mol. The molecule has 7 nitrogen and oxygen atoms in total. The first-order valence-electron chi connectivity index (χ1n) is 6.56. The van der Waals surface area contributed by atoms with Crippen LogP contribution in [0.5, 0.6) is 0 Å². The molecule has 0 spiro atoms.